The summed E-state index contributed by atoms with van der Waals surface area (Å²) in [6.45, 7) is 0.575. The number of amides is 4. The summed E-state index contributed by atoms with van der Waals surface area (Å²) in [5.74, 6) is 0.133. The Kier molecular flexibility index (Phi) is 8.42. The maximum Gasteiger partial charge on any atom is 0.321 e. The second kappa shape index (κ2) is 12.1. The minimum atomic E-state index is -0.928. The van der Waals surface area contributed by atoms with E-state index < -0.39 is 23.8 Å². The first-order valence-electron chi connectivity index (χ1n) is 12.0. The monoisotopic (exact) mass is 520 g/mol. The Labute approximate surface area is 220 Å². The molecule has 0 saturated carbocycles. The van der Waals surface area contributed by atoms with Crippen molar-refractivity contribution in [3.05, 3.63) is 89.7 Å². The summed E-state index contributed by atoms with van der Waals surface area (Å²) in [6.07, 6.45) is 0. The number of nitrogens with zero attached hydrogens (tertiary/aromatic N) is 2. The van der Waals surface area contributed by atoms with E-state index >= 15 is 0 Å². The minimum absolute atomic E-state index is 0.0150. The number of nitrogens with one attached hydrogen (secondary N) is 2. The molecule has 0 aromatic heterocycles. The van der Waals surface area contributed by atoms with Crippen LogP contribution in [0.1, 0.15) is 15.9 Å². The molecule has 1 saturated heterocycles. The van der Waals surface area contributed by atoms with E-state index in [2.05, 4.69) is 10.6 Å². The van der Waals surface area contributed by atoms with Crippen LogP contribution < -0.4 is 20.1 Å². The third-order valence-corrected chi connectivity index (χ3v) is 6.26. The van der Waals surface area contributed by atoms with Crippen molar-refractivity contribution in [3.63, 3.8) is 0 Å². The van der Waals surface area contributed by atoms with Crippen molar-refractivity contribution in [2.45, 2.75) is 12.6 Å². The summed E-state index contributed by atoms with van der Waals surface area (Å²) in [7, 11) is 3.10. The number of carbonyl (C=O) groups excluding carboxylic acids is 3. The number of hydrogen-bond acceptors (Lipinski definition) is 5. The van der Waals surface area contributed by atoms with Crippen molar-refractivity contribution in [2.75, 3.05) is 39.2 Å². The number of rotatable bonds is 7. The van der Waals surface area contributed by atoms with Crippen LogP contribution in [0.25, 0.3) is 0 Å². The van der Waals surface area contributed by atoms with Crippen molar-refractivity contribution < 1.29 is 28.2 Å². The number of methoxy groups -OCH3 is 2. The van der Waals surface area contributed by atoms with Crippen LogP contribution in [0, 0.1) is 5.82 Å². The van der Waals surface area contributed by atoms with Crippen LogP contribution in [0.3, 0.4) is 0 Å². The fourth-order valence-electron chi connectivity index (χ4n) is 4.16. The van der Waals surface area contributed by atoms with E-state index in [1.807, 2.05) is 18.2 Å². The minimum Gasteiger partial charge on any atom is -0.497 e. The number of piperazine rings is 1. The van der Waals surface area contributed by atoms with E-state index in [-0.39, 0.29) is 32.1 Å². The normalized spacial score (nSPS) is 15.0. The molecule has 1 atom stereocenters. The SMILES string of the molecule is COc1ccc(C(=O)N2CCN(C(=O)Nc3ccc(F)cc3)CC2C(=O)NCc2cccc(OC)c2)cc1. The summed E-state index contributed by atoms with van der Waals surface area (Å²) >= 11 is 0. The zero-order valence-electron chi connectivity index (χ0n) is 21.1. The van der Waals surface area contributed by atoms with Crippen molar-refractivity contribution in [1.29, 1.82) is 0 Å². The van der Waals surface area contributed by atoms with Gasteiger partial charge in [-0.05, 0) is 66.2 Å². The molecule has 10 heteroatoms. The second-order valence-electron chi connectivity index (χ2n) is 8.70. The van der Waals surface area contributed by atoms with Crippen LogP contribution in [0.5, 0.6) is 11.5 Å². The Bertz CT molecular complexity index is 1280. The molecule has 1 aliphatic heterocycles. The average molecular weight is 521 g/mol. The lowest BCUT2D eigenvalue weighted by atomic mass is 10.1. The molecule has 198 valence electrons. The molecule has 3 aromatic carbocycles. The molecule has 0 bridgehead atoms. The highest BCUT2D eigenvalue weighted by Crippen LogP contribution is 2.19. The Morgan fingerprint density at radius 3 is 2.32 bits per heavy atom. The van der Waals surface area contributed by atoms with Crippen LogP contribution in [0.4, 0.5) is 14.9 Å². The number of carbonyl (C=O) groups is 3. The lowest BCUT2D eigenvalue weighted by Crippen LogP contribution is -2.62. The molecule has 0 spiro atoms. The standard InChI is InChI=1S/C28H29FN4O5/c1-37-23-12-6-20(7-13-23)27(35)33-15-14-32(28(36)31-22-10-8-21(29)9-11-22)18-25(33)26(34)30-17-19-4-3-5-24(16-19)38-2/h3-13,16,25H,14-15,17-18H2,1-2H3,(H,30,34)(H,31,36). The van der Waals surface area contributed by atoms with Gasteiger partial charge in [-0.1, -0.05) is 12.1 Å². The predicted octanol–water partition coefficient (Wildman–Crippen LogP) is 3.52. The van der Waals surface area contributed by atoms with E-state index in [9.17, 15) is 18.8 Å². The molecule has 4 rings (SSSR count). The van der Waals surface area contributed by atoms with Crippen LogP contribution >= 0.6 is 0 Å². The number of urea groups is 1. The third kappa shape index (κ3) is 6.39. The Hall–Kier alpha value is -4.60. The van der Waals surface area contributed by atoms with Gasteiger partial charge in [0.1, 0.15) is 23.4 Å². The van der Waals surface area contributed by atoms with Gasteiger partial charge in [-0.2, -0.15) is 0 Å². The summed E-state index contributed by atoms with van der Waals surface area (Å²) in [5, 5.41) is 5.60. The van der Waals surface area contributed by atoms with Crippen molar-refractivity contribution in [1.82, 2.24) is 15.1 Å². The first-order chi connectivity index (χ1) is 18.4. The summed E-state index contributed by atoms with van der Waals surface area (Å²) < 4.78 is 23.6. The van der Waals surface area contributed by atoms with E-state index in [1.54, 1.807) is 37.4 Å². The van der Waals surface area contributed by atoms with Crippen LogP contribution in [-0.4, -0.2) is 67.5 Å². The quantitative estimate of drug-likeness (QED) is 0.497. The van der Waals surface area contributed by atoms with E-state index in [0.29, 0.717) is 22.7 Å². The number of ether oxygens (including phenoxy) is 2. The largest absolute Gasteiger partial charge is 0.497 e. The molecule has 38 heavy (non-hydrogen) atoms. The fourth-order valence-corrected chi connectivity index (χ4v) is 4.16. The van der Waals surface area contributed by atoms with Gasteiger partial charge in [-0.25, -0.2) is 9.18 Å². The number of anilines is 1. The molecule has 1 heterocycles. The first kappa shape index (κ1) is 26.5. The predicted molar refractivity (Wildman–Crippen MR) is 140 cm³/mol. The Morgan fingerprint density at radius 1 is 0.921 bits per heavy atom. The lowest BCUT2D eigenvalue weighted by molar-refractivity contribution is -0.127. The third-order valence-electron chi connectivity index (χ3n) is 6.26. The van der Waals surface area contributed by atoms with Crippen LogP contribution in [0.2, 0.25) is 0 Å². The number of benzene rings is 3. The number of hydrogen-bond donors (Lipinski definition) is 2. The van der Waals surface area contributed by atoms with Crippen molar-refractivity contribution in [2.24, 2.45) is 0 Å². The molecule has 4 amide bonds. The van der Waals surface area contributed by atoms with Gasteiger partial charge >= 0.3 is 6.03 Å². The van der Waals surface area contributed by atoms with Gasteiger partial charge in [0.25, 0.3) is 5.91 Å². The Balaban J connectivity index is 1.51. The molecule has 1 unspecified atom stereocenters. The lowest BCUT2D eigenvalue weighted by Gasteiger charge is -2.40. The molecule has 2 N–H and O–H groups in total. The topological polar surface area (TPSA) is 100 Å². The van der Waals surface area contributed by atoms with E-state index in [1.165, 1.54) is 41.2 Å². The zero-order valence-corrected chi connectivity index (χ0v) is 21.1. The maximum atomic E-state index is 13.4. The van der Waals surface area contributed by atoms with Gasteiger partial charge in [0.15, 0.2) is 0 Å². The summed E-state index contributed by atoms with van der Waals surface area (Å²) in [6, 6.07) is 17.9. The van der Waals surface area contributed by atoms with E-state index in [0.717, 1.165) is 5.56 Å². The molecule has 9 nitrogen and oxygen atoms in total. The van der Waals surface area contributed by atoms with Crippen molar-refractivity contribution >= 4 is 23.5 Å². The zero-order chi connectivity index (χ0) is 27.1. The molecule has 1 fully saturated rings. The highest BCUT2D eigenvalue weighted by atomic mass is 19.1. The van der Waals surface area contributed by atoms with Gasteiger partial charge in [-0.15, -0.1) is 0 Å². The smallest absolute Gasteiger partial charge is 0.321 e. The van der Waals surface area contributed by atoms with Gasteiger partial charge < -0.3 is 29.9 Å². The second-order valence-corrected chi connectivity index (χ2v) is 8.70. The van der Waals surface area contributed by atoms with Crippen LogP contribution in [-0.2, 0) is 11.3 Å². The van der Waals surface area contributed by atoms with Crippen molar-refractivity contribution in [3.8, 4) is 11.5 Å². The first-order valence-corrected chi connectivity index (χ1v) is 12.0. The van der Waals surface area contributed by atoms with Gasteiger partial charge in [0, 0.05) is 30.9 Å². The molecule has 0 radical (unpaired) electrons. The summed E-state index contributed by atoms with van der Waals surface area (Å²) in [4.78, 5) is 42.7. The molecule has 1 aliphatic rings. The van der Waals surface area contributed by atoms with E-state index in [4.69, 9.17) is 9.47 Å². The van der Waals surface area contributed by atoms with Gasteiger partial charge in [0.05, 0.1) is 20.8 Å². The molecular formula is C28H29FN4O5. The highest BCUT2D eigenvalue weighted by molar-refractivity contribution is 5.98. The molecule has 0 aliphatic carbocycles. The van der Waals surface area contributed by atoms with Gasteiger partial charge in [0.2, 0.25) is 5.91 Å². The fraction of sp³-hybridized carbons (Fsp3) is 0.250. The molecule has 3 aromatic rings. The average Bonchev–Trinajstić information content (AvgIpc) is 2.96. The van der Waals surface area contributed by atoms with Crippen LogP contribution in [0.15, 0.2) is 72.8 Å². The van der Waals surface area contributed by atoms with Gasteiger partial charge in [-0.3, -0.25) is 9.59 Å². The molecular weight excluding hydrogens is 491 g/mol. The number of halogens is 1. The Morgan fingerprint density at radius 2 is 1.63 bits per heavy atom. The highest BCUT2D eigenvalue weighted by Gasteiger charge is 2.37. The maximum absolute atomic E-state index is 13.4. The summed E-state index contributed by atoms with van der Waals surface area (Å²) in [5.41, 5.74) is 1.65.